The maximum absolute atomic E-state index is 12.5. The van der Waals surface area contributed by atoms with Gasteiger partial charge >= 0.3 is 12.3 Å². The quantitative estimate of drug-likeness (QED) is 0.415. The SMILES string of the molecule is CC1CC(n2c(Nc3ccc(OC(F)(F)F)cc3)nc3cc(CC(=O)O)ccc32)CC(C)(C)C1. The van der Waals surface area contributed by atoms with E-state index < -0.39 is 12.3 Å². The number of hydrogen-bond acceptors (Lipinski definition) is 4. The number of ether oxygens (including phenoxy) is 1. The van der Waals surface area contributed by atoms with Crippen LogP contribution in [0.3, 0.4) is 0 Å². The molecular formula is C25H28F3N3O3. The molecule has 182 valence electrons. The Hall–Kier alpha value is -3.23. The Morgan fingerprint density at radius 2 is 1.91 bits per heavy atom. The standard InChI is InChI=1S/C25H28F3N3O3/c1-15-10-18(14-24(2,3)13-15)31-21-9-4-16(12-22(32)33)11-20(21)30-23(31)29-17-5-7-19(8-6-17)34-25(26,27)28/h4-9,11,15,18H,10,12-14H2,1-3H3,(H,29,30)(H,32,33). The summed E-state index contributed by atoms with van der Waals surface area (Å²) in [6.45, 7) is 6.75. The van der Waals surface area contributed by atoms with E-state index >= 15 is 0 Å². The lowest BCUT2D eigenvalue weighted by Crippen LogP contribution is -2.29. The Kier molecular flexibility index (Phi) is 6.22. The molecule has 0 spiro atoms. The minimum absolute atomic E-state index is 0.0975. The molecule has 0 bridgehead atoms. The van der Waals surface area contributed by atoms with E-state index in [0.717, 1.165) is 24.8 Å². The number of aromatic nitrogens is 2. The van der Waals surface area contributed by atoms with Gasteiger partial charge in [0.05, 0.1) is 17.5 Å². The molecule has 9 heteroatoms. The van der Waals surface area contributed by atoms with Crippen molar-refractivity contribution < 1.29 is 27.8 Å². The summed E-state index contributed by atoms with van der Waals surface area (Å²) in [5, 5.41) is 12.4. The second-order valence-electron chi connectivity index (χ2n) is 9.96. The zero-order chi connectivity index (χ0) is 24.7. The third-order valence-corrected chi connectivity index (χ3v) is 6.18. The molecule has 0 saturated heterocycles. The summed E-state index contributed by atoms with van der Waals surface area (Å²) in [4.78, 5) is 15.9. The molecule has 4 rings (SSSR count). The number of carboxylic acids is 1. The maximum atomic E-state index is 12.5. The van der Waals surface area contributed by atoms with Gasteiger partial charge in [-0.15, -0.1) is 13.2 Å². The van der Waals surface area contributed by atoms with Crippen molar-refractivity contribution in [3.05, 3.63) is 48.0 Å². The molecule has 1 fully saturated rings. The van der Waals surface area contributed by atoms with Crippen LogP contribution < -0.4 is 10.1 Å². The normalized spacial score (nSPS) is 20.3. The number of imidazole rings is 1. The minimum Gasteiger partial charge on any atom is -0.481 e. The van der Waals surface area contributed by atoms with E-state index in [0.29, 0.717) is 28.6 Å². The molecule has 2 aromatic carbocycles. The molecule has 0 amide bonds. The Bertz CT molecular complexity index is 1190. The second kappa shape index (κ2) is 8.85. The first-order chi connectivity index (χ1) is 15.9. The predicted octanol–water partition coefficient (Wildman–Crippen LogP) is 6.69. The molecule has 34 heavy (non-hydrogen) atoms. The second-order valence-corrected chi connectivity index (χ2v) is 9.96. The molecule has 1 aliphatic carbocycles. The highest BCUT2D eigenvalue weighted by molar-refractivity contribution is 5.82. The van der Waals surface area contributed by atoms with Crippen LogP contribution in [0.4, 0.5) is 24.8 Å². The fourth-order valence-corrected chi connectivity index (χ4v) is 5.25. The van der Waals surface area contributed by atoms with Crippen LogP contribution in [0.1, 0.15) is 51.6 Å². The van der Waals surface area contributed by atoms with Gasteiger partial charge in [-0.1, -0.05) is 26.8 Å². The van der Waals surface area contributed by atoms with Gasteiger partial charge in [-0.3, -0.25) is 4.79 Å². The van der Waals surface area contributed by atoms with Crippen molar-refractivity contribution in [2.75, 3.05) is 5.32 Å². The van der Waals surface area contributed by atoms with E-state index in [1.165, 1.54) is 24.3 Å². The molecule has 1 heterocycles. The Morgan fingerprint density at radius 3 is 2.53 bits per heavy atom. The Balaban J connectivity index is 1.72. The van der Waals surface area contributed by atoms with Gasteiger partial charge in [0.15, 0.2) is 0 Å². The van der Waals surface area contributed by atoms with Crippen LogP contribution in [0.15, 0.2) is 42.5 Å². The molecule has 1 saturated carbocycles. The molecule has 2 unspecified atom stereocenters. The molecule has 3 aromatic rings. The van der Waals surface area contributed by atoms with Crippen LogP contribution in [0.2, 0.25) is 0 Å². The summed E-state index contributed by atoms with van der Waals surface area (Å²) >= 11 is 0. The average Bonchev–Trinajstić information content (AvgIpc) is 3.03. The van der Waals surface area contributed by atoms with Gasteiger partial charge in [-0.05, 0) is 72.6 Å². The highest BCUT2D eigenvalue weighted by Crippen LogP contribution is 2.46. The van der Waals surface area contributed by atoms with Gasteiger partial charge in [0.25, 0.3) is 0 Å². The summed E-state index contributed by atoms with van der Waals surface area (Å²) < 4.78 is 43.6. The van der Waals surface area contributed by atoms with E-state index in [4.69, 9.17) is 10.1 Å². The largest absolute Gasteiger partial charge is 0.573 e. The highest BCUT2D eigenvalue weighted by atomic mass is 19.4. The van der Waals surface area contributed by atoms with Crippen LogP contribution in [0.25, 0.3) is 11.0 Å². The van der Waals surface area contributed by atoms with Crippen LogP contribution in [0, 0.1) is 11.3 Å². The van der Waals surface area contributed by atoms with E-state index in [-0.39, 0.29) is 23.6 Å². The van der Waals surface area contributed by atoms with E-state index in [1.54, 1.807) is 12.1 Å². The van der Waals surface area contributed by atoms with Gasteiger partial charge in [-0.2, -0.15) is 0 Å². The fourth-order valence-electron chi connectivity index (χ4n) is 5.25. The third-order valence-electron chi connectivity index (χ3n) is 6.18. The molecule has 0 aliphatic heterocycles. The number of alkyl halides is 3. The molecular weight excluding hydrogens is 447 g/mol. The lowest BCUT2D eigenvalue weighted by molar-refractivity contribution is -0.274. The first kappa shape index (κ1) is 23.9. The van der Waals surface area contributed by atoms with Crippen molar-refractivity contribution in [3.63, 3.8) is 0 Å². The number of hydrogen-bond donors (Lipinski definition) is 2. The minimum atomic E-state index is -4.75. The molecule has 6 nitrogen and oxygen atoms in total. The Labute approximate surface area is 195 Å². The number of rotatable bonds is 6. The van der Waals surface area contributed by atoms with Crippen LogP contribution in [0.5, 0.6) is 5.75 Å². The molecule has 2 atom stereocenters. The number of anilines is 2. The average molecular weight is 476 g/mol. The number of carbonyl (C=O) groups is 1. The van der Waals surface area contributed by atoms with Crippen LogP contribution in [-0.4, -0.2) is 27.0 Å². The lowest BCUT2D eigenvalue weighted by Gasteiger charge is -2.40. The van der Waals surface area contributed by atoms with Crippen molar-refractivity contribution in [2.45, 2.75) is 58.9 Å². The number of aliphatic carboxylic acids is 1. The molecule has 2 N–H and O–H groups in total. The monoisotopic (exact) mass is 475 g/mol. The van der Waals surface area contributed by atoms with Crippen molar-refractivity contribution in [1.82, 2.24) is 9.55 Å². The van der Waals surface area contributed by atoms with Gasteiger partial charge in [0.1, 0.15) is 5.75 Å². The highest BCUT2D eigenvalue weighted by Gasteiger charge is 2.35. The summed E-state index contributed by atoms with van der Waals surface area (Å²) in [6.07, 6.45) is -1.80. The third kappa shape index (κ3) is 5.63. The number of benzene rings is 2. The fraction of sp³-hybridized carbons (Fsp3) is 0.440. The van der Waals surface area contributed by atoms with Gasteiger partial charge < -0.3 is 19.7 Å². The maximum Gasteiger partial charge on any atom is 0.573 e. The van der Waals surface area contributed by atoms with Crippen molar-refractivity contribution in [1.29, 1.82) is 0 Å². The smallest absolute Gasteiger partial charge is 0.481 e. The van der Waals surface area contributed by atoms with Gasteiger partial charge in [0.2, 0.25) is 5.95 Å². The first-order valence-electron chi connectivity index (χ1n) is 11.2. The summed E-state index contributed by atoms with van der Waals surface area (Å²) in [7, 11) is 0. The topological polar surface area (TPSA) is 76.4 Å². The number of halogens is 3. The summed E-state index contributed by atoms with van der Waals surface area (Å²) in [5.41, 5.74) is 2.94. The predicted molar refractivity (Wildman–Crippen MR) is 123 cm³/mol. The van der Waals surface area contributed by atoms with Crippen molar-refractivity contribution in [2.24, 2.45) is 11.3 Å². The van der Waals surface area contributed by atoms with E-state index in [2.05, 4.69) is 35.4 Å². The van der Waals surface area contributed by atoms with Crippen molar-refractivity contribution in [3.8, 4) is 5.75 Å². The van der Waals surface area contributed by atoms with Crippen LogP contribution >= 0.6 is 0 Å². The number of fused-ring (bicyclic) bond motifs is 1. The van der Waals surface area contributed by atoms with E-state index in [9.17, 15) is 18.0 Å². The Morgan fingerprint density at radius 1 is 1.21 bits per heavy atom. The number of nitrogens with zero attached hydrogens (tertiary/aromatic N) is 2. The first-order valence-corrected chi connectivity index (χ1v) is 11.2. The molecule has 1 aliphatic rings. The van der Waals surface area contributed by atoms with Crippen LogP contribution in [-0.2, 0) is 11.2 Å². The zero-order valence-electron chi connectivity index (χ0n) is 19.3. The van der Waals surface area contributed by atoms with E-state index in [1.807, 2.05) is 6.07 Å². The zero-order valence-corrected chi connectivity index (χ0v) is 19.3. The lowest BCUT2D eigenvalue weighted by atomic mass is 9.70. The molecule has 0 radical (unpaired) electrons. The van der Waals surface area contributed by atoms with Gasteiger partial charge in [-0.25, -0.2) is 4.98 Å². The number of carboxylic acid groups (broad SMARTS) is 1. The summed E-state index contributed by atoms with van der Waals surface area (Å²) in [6, 6.07) is 11.2. The summed E-state index contributed by atoms with van der Waals surface area (Å²) in [5.74, 6) is -0.125. The number of nitrogens with one attached hydrogen (secondary N) is 1. The van der Waals surface area contributed by atoms with Crippen molar-refractivity contribution >= 4 is 28.6 Å². The molecule has 1 aromatic heterocycles. The van der Waals surface area contributed by atoms with Gasteiger partial charge in [0, 0.05) is 11.7 Å².